The molecule has 116 valence electrons. The zero-order valence-electron chi connectivity index (χ0n) is 12.2. The number of aromatic nitrogens is 2. The summed E-state index contributed by atoms with van der Waals surface area (Å²) in [4.78, 5) is 20.8. The lowest BCUT2D eigenvalue weighted by Gasteiger charge is -2.22. The number of likely N-dealkylation sites (N-methyl/N-ethyl adjacent to an activating group) is 1. The van der Waals surface area contributed by atoms with Crippen molar-refractivity contribution in [3.63, 3.8) is 0 Å². The molecule has 0 fully saturated rings. The van der Waals surface area contributed by atoms with Crippen LogP contribution in [-0.2, 0) is 11.4 Å². The second kappa shape index (κ2) is 7.09. The van der Waals surface area contributed by atoms with E-state index in [1.54, 1.807) is 26.1 Å². The Morgan fingerprint density at radius 3 is 2.91 bits per heavy atom. The third-order valence-corrected chi connectivity index (χ3v) is 3.41. The molecule has 1 N–H and O–H groups in total. The number of carboxylic acids is 1. The quantitative estimate of drug-likeness (QED) is 0.881. The number of nitrogens with zero attached hydrogens (tertiary/aromatic N) is 3. The summed E-state index contributed by atoms with van der Waals surface area (Å²) in [5, 5.41) is 9.66. The highest BCUT2D eigenvalue weighted by atomic mass is 35.5. The maximum atomic E-state index is 11.0. The Morgan fingerprint density at radius 1 is 1.45 bits per heavy atom. The number of rotatable bonds is 6. The van der Waals surface area contributed by atoms with Gasteiger partial charge in [0.25, 0.3) is 0 Å². The van der Waals surface area contributed by atoms with Crippen LogP contribution in [0.5, 0.6) is 5.88 Å². The molecule has 1 aromatic heterocycles. The first-order chi connectivity index (χ1) is 10.5. The number of carboxylic acid groups (broad SMARTS) is 1. The van der Waals surface area contributed by atoms with E-state index in [2.05, 4.69) is 9.97 Å². The van der Waals surface area contributed by atoms with E-state index < -0.39 is 12.0 Å². The molecule has 0 spiro atoms. The molecule has 1 atom stereocenters. The summed E-state index contributed by atoms with van der Waals surface area (Å²) in [5.74, 6) is -0.185. The predicted molar refractivity (Wildman–Crippen MR) is 83.3 cm³/mol. The van der Waals surface area contributed by atoms with Gasteiger partial charge in [-0.15, -0.1) is 0 Å². The number of aliphatic carboxylic acids is 1. The molecule has 1 unspecified atom stereocenters. The molecule has 0 amide bonds. The Morgan fingerprint density at radius 2 is 2.23 bits per heavy atom. The molecule has 1 heterocycles. The van der Waals surface area contributed by atoms with E-state index in [0.29, 0.717) is 23.3 Å². The minimum absolute atomic E-state index is 0.302. The van der Waals surface area contributed by atoms with Crippen molar-refractivity contribution in [2.75, 3.05) is 11.9 Å². The highest BCUT2D eigenvalue weighted by Gasteiger charge is 2.18. The normalized spacial score (nSPS) is 11.8. The average Bonchev–Trinajstić information content (AvgIpc) is 2.52. The Kier molecular flexibility index (Phi) is 5.16. The van der Waals surface area contributed by atoms with Crippen LogP contribution in [0, 0.1) is 0 Å². The minimum Gasteiger partial charge on any atom is -0.480 e. The van der Waals surface area contributed by atoms with Gasteiger partial charge in [0.1, 0.15) is 12.6 Å². The number of hydrogen-bond acceptors (Lipinski definition) is 5. The number of hydrogen-bond donors (Lipinski definition) is 1. The summed E-state index contributed by atoms with van der Waals surface area (Å²) in [5.41, 5.74) is 0.909. The monoisotopic (exact) mass is 321 g/mol. The van der Waals surface area contributed by atoms with Gasteiger partial charge in [0.05, 0.1) is 12.4 Å². The molecule has 2 rings (SSSR count). The second-order valence-electron chi connectivity index (χ2n) is 4.76. The fraction of sp³-hybridized carbons (Fsp3) is 0.267. The third kappa shape index (κ3) is 4.08. The van der Waals surface area contributed by atoms with Crippen molar-refractivity contribution in [1.82, 2.24) is 9.97 Å². The number of ether oxygens (including phenoxy) is 1. The van der Waals surface area contributed by atoms with Crippen LogP contribution in [0.1, 0.15) is 12.5 Å². The molecule has 2 aromatic rings. The predicted octanol–water partition coefficient (Wildman–Crippen LogP) is 2.62. The van der Waals surface area contributed by atoms with E-state index in [4.69, 9.17) is 21.4 Å². The summed E-state index contributed by atoms with van der Waals surface area (Å²) in [7, 11) is 1.64. The molecule has 0 aliphatic carbocycles. The summed E-state index contributed by atoms with van der Waals surface area (Å²) >= 11 is 5.91. The SMILES string of the molecule is CC(C(=O)O)N(C)c1cncc(OCc2cccc(Cl)c2)n1. The molecule has 0 saturated carbocycles. The van der Waals surface area contributed by atoms with Gasteiger partial charge >= 0.3 is 5.97 Å². The van der Waals surface area contributed by atoms with Crippen LogP contribution in [0.4, 0.5) is 5.82 Å². The average molecular weight is 322 g/mol. The maximum absolute atomic E-state index is 11.0. The van der Waals surface area contributed by atoms with Gasteiger partial charge in [-0.25, -0.2) is 4.79 Å². The number of anilines is 1. The molecule has 22 heavy (non-hydrogen) atoms. The zero-order chi connectivity index (χ0) is 16.1. The van der Waals surface area contributed by atoms with Gasteiger partial charge < -0.3 is 14.7 Å². The van der Waals surface area contributed by atoms with Crippen LogP contribution in [0.25, 0.3) is 0 Å². The van der Waals surface area contributed by atoms with E-state index in [0.717, 1.165) is 5.56 Å². The zero-order valence-corrected chi connectivity index (χ0v) is 13.0. The van der Waals surface area contributed by atoms with Crippen LogP contribution in [0.15, 0.2) is 36.7 Å². The number of halogens is 1. The van der Waals surface area contributed by atoms with E-state index in [-0.39, 0.29) is 0 Å². The molecule has 0 bridgehead atoms. The second-order valence-corrected chi connectivity index (χ2v) is 5.20. The summed E-state index contributed by atoms with van der Waals surface area (Å²) in [6.45, 7) is 1.88. The first-order valence-electron chi connectivity index (χ1n) is 6.62. The molecular formula is C15H16ClN3O3. The van der Waals surface area contributed by atoms with Crippen LogP contribution in [0.2, 0.25) is 5.02 Å². The molecule has 0 saturated heterocycles. The van der Waals surface area contributed by atoms with Crippen molar-refractivity contribution in [3.8, 4) is 5.88 Å². The van der Waals surface area contributed by atoms with Gasteiger partial charge in [-0.1, -0.05) is 23.7 Å². The smallest absolute Gasteiger partial charge is 0.326 e. The van der Waals surface area contributed by atoms with Crippen molar-refractivity contribution in [2.45, 2.75) is 19.6 Å². The van der Waals surface area contributed by atoms with E-state index in [1.165, 1.54) is 17.3 Å². The fourth-order valence-corrected chi connectivity index (χ4v) is 1.94. The number of benzene rings is 1. The van der Waals surface area contributed by atoms with Crippen LogP contribution in [0.3, 0.4) is 0 Å². The summed E-state index contributed by atoms with van der Waals surface area (Å²) < 4.78 is 5.57. The van der Waals surface area contributed by atoms with E-state index in [9.17, 15) is 4.79 Å². The molecule has 6 nitrogen and oxygen atoms in total. The van der Waals surface area contributed by atoms with E-state index in [1.807, 2.05) is 12.1 Å². The maximum Gasteiger partial charge on any atom is 0.326 e. The summed E-state index contributed by atoms with van der Waals surface area (Å²) in [6, 6.07) is 6.61. The Labute approximate surface area is 133 Å². The Bertz CT molecular complexity index is 666. The lowest BCUT2D eigenvalue weighted by atomic mass is 10.2. The lowest BCUT2D eigenvalue weighted by molar-refractivity contribution is -0.138. The molecule has 1 aromatic carbocycles. The van der Waals surface area contributed by atoms with Crippen molar-refractivity contribution in [3.05, 3.63) is 47.2 Å². The van der Waals surface area contributed by atoms with Gasteiger partial charge in [0.2, 0.25) is 5.88 Å². The first kappa shape index (κ1) is 16.0. The first-order valence-corrected chi connectivity index (χ1v) is 7.00. The molecular weight excluding hydrogens is 306 g/mol. The van der Waals surface area contributed by atoms with Crippen LogP contribution in [-0.4, -0.2) is 34.1 Å². The van der Waals surface area contributed by atoms with Crippen LogP contribution >= 0.6 is 11.6 Å². The molecule has 0 aliphatic heterocycles. The van der Waals surface area contributed by atoms with Gasteiger partial charge in [-0.05, 0) is 24.6 Å². The van der Waals surface area contributed by atoms with E-state index >= 15 is 0 Å². The Hall–Kier alpha value is -2.34. The largest absolute Gasteiger partial charge is 0.480 e. The Balaban J connectivity index is 2.07. The third-order valence-electron chi connectivity index (χ3n) is 3.18. The fourth-order valence-electron chi connectivity index (χ4n) is 1.73. The van der Waals surface area contributed by atoms with Gasteiger partial charge in [-0.2, -0.15) is 4.98 Å². The minimum atomic E-state index is -0.936. The van der Waals surface area contributed by atoms with Gasteiger partial charge in [0.15, 0.2) is 5.82 Å². The number of carbonyl (C=O) groups is 1. The van der Waals surface area contributed by atoms with Crippen LogP contribution < -0.4 is 9.64 Å². The van der Waals surface area contributed by atoms with Gasteiger partial charge in [-0.3, -0.25) is 4.98 Å². The molecule has 0 aliphatic rings. The van der Waals surface area contributed by atoms with Crippen molar-refractivity contribution >= 4 is 23.4 Å². The topological polar surface area (TPSA) is 75.5 Å². The van der Waals surface area contributed by atoms with Gasteiger partial charge in [0, 0.05) is 12.1 Å². The molecule has 7 heteroatoms. The lowest BCUT2D eigenvalue weighted by Crippen LogP contribution is -2.36. The van der Waals surface area contributed by atoms with Crippen molar-refractivity contribution in [2.24, 2.45) is 0 Å². The standard InChI is InChI=1S/C15H16ClN3O3/c1-10(15(20)21)19(2)13-7-17-8-14(18-13)22-9-11-4-3-5-12(16)6-11/h3-8,10H,9H2,1-2H3,(H,20,21). The highest BCUT2D eigenvalue weighted by Crippen LogP contribution is 2.17. The highest BCUT2D eigenvalue weighted by molar-refractivity contribution is 6.30. The summed E-state index contributed by atoms with van der Waals surface area (Å²) in [6.07, 6.45) is 2.97. The van der Waals surface area contributed by atoms with Crippen molar-refractivity contribution < 1.29 is 14.6 Å². The molecule has 0 radical (unpaired) electrons. The van der Waals surface area contributed by atoms with Crippen molar-refractivity contribution in [1.29, 1.82) is 0 Å².